The van der Waals surface area contributed by atoms with Crippen LogP contribution in [0.3, 0.4) is 0 Å². The van der Waals surface area contributed by atoms with E-state index in [1.807, 2.05) is 21.1 Å². The molecule has 0 saturated heterocycles. The highest BCUT2D eigenvalue weighted by Crippen LogP contribution is 2.43. The molecule has 0 aliphatic carbocycles. The topological polar surface area (TPSA) is 108 Å². The van der Waals surface area contributed by atoms with Gasteiger partial charge in [0.25, 0.3) is 0 Å². The van der Waals surface area contributed by atoms with Crippen molar-refractivity contribution in [3.05, 3.63) is 24.3 Å². The van der Waals surface area contributed by atoms with Crippen LogP contribution in [0, 0.1) is 0 Å². The maximum absolute atomic E-state index is 12.7. The number of carbonyl (C=O) groups excluding carboxylic acids is 2. The highest BCUT2D eigenvalue weighted by atomic mass is 31.2. The van der Waals surface area contributed by atoms with Crippen molar-refractivity contribution >= 4 is 19.8 Å². The van der Waals surface area contributed by atoms with E-state index < -0.39 is 26.5 Å². The first-order valence-corrected chi connectivity index (χ1v) is 23.6. The Kier molecular flexibility index (Phi) is 36.1. The van der Waals surface area contributed by atoms with E-state index in [0.29, 0.717) is 23.9 Å². The van der Waals surface area contributed by atoms with Gasteiger partial charge in [0.05, 0.1) is 27.7 Å². The zero-order valence-electron chi connectivity index (χ0n) is 35.7. The molecule has 0 saturated carbocycles. The number of likely N-dealkylation sites (N-methyl/N-ethyl adjacent to an activating group) is 1. The molecule has 1 N–H and O–H groups in total. The van der Waals surface area contributed by atoms with Gasteiger partial charge in [-0.25, -0.2) is 4.57 Å². The van der Waals surface area contributed by atoms with Gasteiger partial charge in [0.1, 0.15) is 19.8 Å². The van der Waals surface area contributed by atoms with Crippen LogP contribution in [-0.4, -0.2) is 74.9 Å². The molecule has 0 amide bonds. The number of ether oxygens (including phenoxy) is 2. The van der Waals surface area contributed by atoms with E-state index in [-0.39, 0.29) is 25.6 Å². The molecule has 0 aromatic heterocycles. The minimum absolute atomic E-state index is 0.0306. The first-order valence-electron chi connectivity index (χ1n) is 22.1. The largest absolute Gasteiger partial charge is 0.472 e. The van der Waals surface area contributed by atoms with Crippen molar-refractivity contribution in [3.63, 3.8) is 0 Å². The maximum atomic E-state index is 12.7. The molecule has 0 spiro atoms. The summed E-state index contributed by atoms with van der Waals surface area (Å²) in [7, 11) is 1.47. The fourth-order valence-corrected chi connectivity index (χ4v) is 6.73. The molecule has 9 nitrogen and oxygen atoms in total. The number of carbonyl (C=O) groups is 2. The Morgan fingerprint density at radius 3 is 1.50 bits per heavy atom. The van der Waals surface area contributed by atoms with Crippen LogP contribution in [0.1, 0.15) is 194 Å². The third-order valence-corrected chi connectivity index (χ3v) is 10.5. The zero-order chi connectivity index (χ0) is 40.0. The molecule has 0 aliphatic heterocycles. The summed E-state index contributed by atoms with van der Waals surface area (Å²) in [5, 5.41) is 0. The second kappa shape index (κ2) is 37.1. The number of quaternary nitrogens is 1. The summed E-state index contributed by atoms with van der Waals surface area (Å²) >= 11 is 0. The van der Waals surface area contributed by atoms with Crippen LogP contribution in [0.5, 0.6) is 0 Å². The second-order valence-corrected chi connectivity index (χ2v) is 17.5. The minimum atomic E-state index is -4.37. The molecule has 2 atom stereocenters. The third kappa shape index (κ3) is 40.2. The normalized spacial score (nSPS) is 13.8. The lowest BCUT2D eigenvalue weighted by molar-refractivity contribution is -0.870. The molecule has 0 aromatic rings. The molecule has 54 heavy (non-hydrogen) atoms. The van der Waals surface area contributed by atoms with Crippen molar-refractivity contribution in [2.24, 2.45) is 0 Å². The van der Waals surface area contributed by atoms with Gasteiger partial charge < -0.3 is 18.9 Å². The lowest BCUT2D eigenvalue weighted by atomic mass is 10.0. The average molecular weight is 787 g/mol. The van der Waals surface area contributed by atoms with E-state index in [1.165, 1.54) is 103 Å². The van der Waals surface area contributed by atoms with Gasteiger partial charge in [0.15, 0.2) is 6.10 Å². The Morgan fingerprint density at radius 1 is 0.574 bits per heavy atom. The molecule has 0 rings (SSSR count). The zero-order valence-corrected chi connectivity index (χ0v) is 36.6. The van der Waals surface area contributed by atoms with E-state index in [2.05, 4.69) is 38.2 Å². The monoisotopic (exact) mass is 787 g/mol. The number of phosphoric ester groups is 1. The van der Waals surface area contributed by atoms with Crippen LogP contribution in [0.2, 0.25) is 0 Å². The lowest BCUT2D eigenvalue weighted by Gasteiger charge is -2.24. The summed E-state index contributed by atoms with van der Waals surface area (Å²) < 4.78 is 34.3. The summed E-state index contributed by atoms with van der Waals surface area (Å²) in [5.74, 6) is -0.808. The first-order chi connectivity index (χ1) is 26.0. The van der Waals surface area contributed by atoms with E-state index >= 15 is 0 Å². The Balaban J connectivity index is 4.37. The van der Waals surface area contributed by atoms with Crippen molar-refractivity contribution in [3.8, 4) is 0 Å². The fourth-order valence-electron chi connectivity index (χ4n) is 5.99. The molecule has 0 bridgehead atoms. The van der Waals surface area contributed by atoms with Gasteiger partial charge in [0.2, 0.25) is 0 Å². The Bertz CT molecular complexity index is 980. The van der Waals surface area contributed by atoms with E-state index in [1.54, 1.807) is 0 Å². The van der Waals surface area contributed by atoms with Crippen molar-refractivity contribution in [2.75, 3.05) is 47.5 Å². The molecule has 318 valence electrons. The summed E-state index contributed by atoms with van der Waals surface area (Å²) in [4.78, 5) is 35.3. The number of hydrogen-bond acceptors (Lipinski definition) is 7. The summed E-state index contributed by atoms with van der Waals surface area (Å²) in [6.45, 7) is 4.39. The number of esters is 2. The number of phosphoric acid groups is 1. The first kappa shape index (κ1) is 52.5. The molecule has 0 aromatic carbocycles. The average Bonchev–Trinajstić information content (AvgIpc) is 3.12. The summed E-state index contributed by atoms with van der Waals surface area (Å²) in [6, 6.07) is 0. The molecule has 0 heterocycles. The van der Waals surface area contributed by atoms with Crippen molar-refractivity contribution < 1.29 is 42.1 Å². The van der Waals surface area contributed by atoms with E-state index in [0.717, 1.165) is 57.8 Å². The van der Waals surface area contributed by atoms with Crippen molar-refractivity contribution in [2.45, 2.75) is 200 Å². The van der Waals surface area contributed by atoms with Crippen LogP contribution in [0.15, 0.2) is 24.3 Å². The number of hydrogen-bond donors (Lipinski definition) is 1. The number of allylic oxidation sites excluding steroid dienone is 4. The molecule has 2 unspecified atom stereocenters. The predicted molar refractivity (Wildman–Crippen MR) is 224 cm³/mol. The van der Waals surface area contributed by atoms with E-state index in [4.69, 9.17) is 18.5 Å². The number of unbranched alkanes of at least 4 members (excludes halogenated alkanes) is 22. The van der Waals surface area contributed by atoms with Gasteiger partial charge in [-0.15, -0.1) is 0 Å². The van der Waals surface area contributed by atoms with Gasteiger partial charge >= 0.3 is 19.8 Å². The van der Waals surface area contributed by atoms with Crippen molar-refractivity contribution in [1.29, 1.82) is 0 Å². The van der Waals surface area contributed by atoms with Crippen LogP contribution in [0.4, 0.5) is 0 Å². The van der Waals surface area contributed by atoms with Gasteiger partial charge in [-0.1, -0.05) is 160 Å². The fraction of sp³-hybridized carbons (Fsp3) is 0.864. The predicted octanol–water partition coefficient (Wildman–Crippen LogP) is 12.4. The van der Waals surface area contributed by atoms with Crippen molar-refractivity contribution in [1.82, 2.24) is 0 Å². The quantitative estimate of drug-likeness (QED) is 0.0215. The Morgan fingerprint density at radius 2 is 1.00 bits per heavy atom. The Labute approximate surface area is 332 Å². The Hall–Kier alpha value is -1.51. The summed E-state index contributed by atoms with van der Waals surface area (Å²) in [6.07, 6.45) is 39.3. The summed E-state index contributed by atoms with van der Waals surface area (Å²) in [5.41, 5.74) is 0. The lowest BCUT2D eigenvalue weighted by Crippen LogP contribution is -2.37. The highest BCUT2D eigenvalue weighted by Gasteiger charge is 2.27. The van der Waals surface area contributed by atoms with Crippen LogP contribution < -0.4 is 0 Å². The van der Waals surface area contributed by atoms with Gasteiger partial charge in [-0.05, 0) is 44.9 Å². The van der Waals surface area contributed by atoms with Crippen LogP contribution >= 0.6 is 7.82 Å². The molecular weight excluding hydrogens is 701 g/mol. The van der Waals surface area contributed by atoms with E-state index in [9.17, 15) is 19.0 Å². The SMILES string of the molecule is CCCCC/C=C/C/C=C/CCCCCCCC(=O)OC(COC(=O)CCCCCCCCCCCCCCCCC)COP(=O)(O)OCC[N+](C)(C)C. The molecule has 0 fully saturated rings. The minimum Gasteiger partial charge on any atom is -0.462 e. The highest BCUT2D eigenvalue weighted by molar-refractivity contribution is 7.47. The molecular formula is C44H85NO8P+. The van der Waals surface area contributed by atoms with Crippen LogP contribution in [0.25, 0.3) is 0 Å². The maximum Gasteiger partial charge on any atom is 0.472 e. The van der Waals surface area contributed by atoms with Gasteiger partial charge in [0, 0.05) is 12.8 Å². The molecule has 0 aliphatic rings. The standard InChI is InChI=1S/C44H84NO8P/c1-6-8-10-12-14-16-18-20-22-24-26-28-30-32-34-36-43(46)50-40-42(41-52-54(48,49)51-39-38-45(3,4)5)53-44(47)37-35-33-31-29-27-25-23-21-19-17-15-13-11-9-7-2/h15,17,21,23,42H,6-14,16,18-20,22,24-41H2,1-5H3/p+1/b17-15+,23-21+. The van der Waals surface area contributed by atoms with Crippen LogP contribution in [-0.2, 0) is 32.7 Å². The molecule has 10 heteroatoms. The molecule has 0 radical (unpaired) electrons. The van der Waals surface area contributed by atoms with Gasteiger partial charge in [-0.3, -0.25) is 18.6 Å². The second-order valence-electron chi connectivity index (χ2n) is 16.1. The smallest absolute Gasteiger partial charge is 0.462 e. The van der Waals surface area contributed by atoms with Gasteiger partial charge in [-0.2, -0.15) is 0 Å². The number of nitrogens with zero attached hydrogens (tertiary/aromatic N) is 1. The third-order valence-electron chi connectivity index (χ3n) is 9.48. The number of rotatable bonds is 40.